The van der Waals surface area contributed by atoms with Crippen molar-refractivity contribution >= 4 is 5.91 Å². The molecule has 0 saturated carbocycles. The van der Waals surface area contributed by atoms with Gasteiger partial charge in [0.2, 0.25) is 5.91 Å². The molecule has 1 N–H and O–H groups in total. The molecule has 1 aliphatic heterocycles. The van der Waals surface area contributed by atoms with E-state index >= 15 is 0 Å². The summed E-state index contributed by atoms with van der Waals surface area (Å²) in [4.78, 5) is 14.7. The van der Waals surface area contributed by atoms with Crippen molar-refractivity contribution in [3.05, 3.63) is 60.4 Å². The zero-order valence-corrected chi connectivity index (χ0v) is 13.5. The van der Waals surface area contributed by atoms with Crippen LogP contribution in [0.4, 0.5) is 0 Å². The lowest BCUT2D eigenvalue weighted by Crippen LogP contribution is -2.41. The fraction of sp³-hybridized carbons (Fsp3) is 0.421. The first-order valence-electron chi connectivity index (χ1n) is 8.49. The lowest BCUT2D eigenvalue weighted by molar-refractivity contribution is -0.121. The van der Waals surface area contributed by atoms with Crippen molar-refractivity contribution < 1.29 is 4.79 Å². The molecule has 2 heterocycles. The standard InChI is InChI=1S/C19H25N3O/c23-19(16-21-11-7-8-12-21)20-15-18(17-9-3-1-4-10-17)22-13-5-2-6-14-22/h1,3-4,7-12,18H,2,5-6,13-16H2,(H,20,23). The Morgan fingerprint density at radius 2 is 1.70 bits per heavy atom. The number of aromatic nitrogens is 1. The van der Waals surface area contributed by atoms with Crippen LogP contribution in [0.3, 0.4) is 0 Å². The summed E-state index contributed by atoms with van der Waals surface area (Å²) in [7, 11) is 0. The Labute approximate surface area is 138 Å². The van der Waals surface area contributed by atoms with Gasteiger partial charge in [-0.1, -0.05) is 36.8 Å². The number of amides is 1. The Morgan fingerprint density at radius 3 is 2.39 bits per heavy atom. The third-order valence-corrected chi connectivity index (χ3v) is 4.50. The second-order valence-electron chi connectivity index (χ2n) is 6.18. The quantitative estimate of drug-likeness (QED) is 0.891. The van der Waals surface area contributed by atoms with Crippen LogP contribution in [0.15, 0.2) is 54.9 Å². The predicted molar refractivity (Wildman–Crippen MR) is 92.0 cm³/mol. The van der Waals surface area contributed by atoms with E-state index < -0.39 is 0 Å². The number of hydrogen-bond acceptors (Lipinski definition) is 2. The van der Waals surface area contributed by atoms with Crippen molar-refractivity contribution in [2.45, 2.75) is 31.8 Å². The van der Waals surface area contributed by atoms with Gasteiger partial charge in [-0.15, -0.1) is 0 Å². The van der Waals surface area contributed by atoms with Gasteiger partial charge in [-0.25, -0.2) is 0 Å². The monoisotopic (exact) mass is 311 g/mol. The zero-order valence-electron chi connectivity index (χ0n) is 13.5. The van der Waals surface area contributed by atoms with Crippen molar-refractivity contribution in [2.24, 2.45) is 0 Å². The molecule has 122 valence electrons. The summed E-state index contributed by atoms with van der Waals surface area (Å²) in [6.07, 6.45) is 7.65. The van der Waals surface area contributed by atoms with E-state index in [1.165, 1.54) is 24.8 Å². The van der Waals surface area contributed by atoms with E-state index in [0.717, 1.165) is 13.1 Å². The van der Waals surface area contributed by atoms with E-state index in [-0.39, 0.29) is 11.9 Å². The minimum absolute atomic E-state index is 0.0686. The first-order valence-corrected chi connectivity index (χ1v) is 8.49. The Kier molecular flexibility index (Phi) is 5.48. The zero-order chi connectivity index (χ0) is 15.9. The van der Waals surface area contributed by atoms with Crippen LogP contribution in [0.1, 0.15) is 30.9 Å². The Morgan fingerprint density at radius 1 is 1.00 bits per heavy atom. The van der Waals surface area contributed by atoms with Crippen molar-refractivity contribution in [2.75, 3.05) is 19.6 Å². The Hall–Kier alpha value is -2.07. The largest absolute Gasteiger partial charge is 0.353 e. The minimum Gasteiger partial charge on any atom is -0.353 e. The van der Waals surface area contributed by atoms with E-state index in [2.05, 4.69) is 34.5 Å². The highest BCUT2D eigenvalue weighted by Crippen LogP contribution is 2.23. The van der Waals surface area contributed by atoms with Gasteiger partial charge in [0.15, 0.2) is 0 Å². The number of benzene rings is 1. The Balaban J connectivity index is 1.62. The maximum Gasteiger partial charge on any atom is 0.239 e. The molecule has 2 aromatic rings. The van der Waals surface area contributed by atoms with Crippen molar-refractivity contribution in [1.82, 2.24) is 14.8 Å². The van der Waals surface area contributed by atoms with Gasteiger partial charge >= 0.3 is 0 Å². The lowest BCUT2D eigenvalue weighted by atomic mass is 10.0. The molecule has 23 heavy (non-hydrogen) atoms. The molecule has 1 aromatic heterocycles. The Bertz CT molecular complexity index is 588. The van der Waals surface area contributed by atoms with Gasteiger partial charge in [-0.05, 0) is 43.6 Å². The van der Waals surface area contributed by atoms with Crippen molar-refractivity contribution in [1.29, 1.82) is 0 Å². The molecule has 1 aliphatic rings. The van der Waals surface area contributed by atoms with Gasteiger partial charge < -0.3 is 9.88 Å². The molecule has 1 fully saturated rings. The van der Waals surface area contributed by atoms with Gasteiger partial charge in [0.1, 0.15) is 6.54 Å². The highest BCUT2D eigenvalue weighted by Gasteiger charge is 2.22. The highest BCUT2D eigenvalue weighted by atomic mass is 16.1. The second-order valence-corrected chi connectivity index (χ2v) is 6.18. The van der Waals surface area contributed by atoms with Crippen LogP contribution in [0.25, 0.3) is 0 Å². The van der Waals surface area contributed by atoms with Crippen LogP contribution < -0.4 is 5.32 Å². The summed E-state index contributed by atoms with van der Waals surface area (Å²) < 4.78 is 1.90. The summed E-state index contributed by atoms with van der Waals surface area (Å²) in [5, 5.41) is 3.12. The van der Waals surface area contributed by atoms with E-state index in [1.54, 1.807) is 0 Å². The van der Waals surface area contributed by atoms with E-state index in [0.29, 0.717) is 13.1 Å². The van der Waals surface area contributed by atoms with E-state index in [1.807, 2.05) is 35.2 Å². The molecule has 0 spiro atoms. The van der Waals surface area contributed by atoms with Gasteiger partial charge in [0.05, 0.1) is 6.04 Å². The average Bonchev–Trinajstić information content (AvgIpc) is 3.10. The fourth-order valence-corrected chi connectivity index (χ4v) is 3.27. The third-order valence-electron chi connectivity index (χ3n) is 4.50. The lowest BCUT2D eigenvalue weighted by Gasteiger charge is -2.35. The van der Waals surface area contributed by atoms with Gasteiger partial charge in [0.25, 0.3) is 0 Å². The molecule has 0 aliphatic carbocycles. The summed E-state index contributed by atoms with van der Waals surface area (Å²) in [5.74, 6) is 0.0686. The molecule has 1 atom stereocenters. The van der Waals surface area contributed by atoms with Crippen molar-refractivity contribution in [3.8, 4) is 0 Å². The molecule has 4 nitrogen and oxygen atoms in total. The smallest absolute Gasteiger partial charge is 0.239 e. The molecule has 0 bridgehead atoms. The predicted octanol–water partition coefficient (Wildman–Crippen LogP) is 2.83. The van der Waals surface area contributed by atoms with Crippen LogP contribution >= 0.6 is 0 Å². The first kappa shape index (κ1) is 15.8. The van der Waals surface area contributed by atoms with Crippen LogP contribution in [0.5, 0.6) is 0 Å². The number of carbonyl (C=O) groups excluding carboxylic acids is 1. The molecule has 1 amide bonds. The first-order chi connectivity index (χ1) is 11.3. The number of rotatable bonds is 6. The number of likely N-dealkylation sites (tertiary alicyclic amines) is 1. The van der Waals surface area contributed by atoms with Crippen molar-refractivity contribution in [3.63, 3.8) is 0 Å². The molecule has 0 radical (unpaired) electrons. The third kappa shape index (κ3) is 4.45. The number of carbonyl (C=O) groups is 1. The number of nitrogens with zero attached hydrogens (tertiary/aromatic N) is 2. The molecule has 3 rings (SSSR count). The van der Waals surface area contributed by atoms with Crippen LogP contribution in [0, 0.1) is 0 Å². The van der Waals surface area contributed by atoms with Gasteiger partial charge in [-0.3, -0.25) is 9.69 Å². The topological polar surface area (TPSA) is 37.3 Å². The SMILES string of the molecule is O=C(Cn1cccc1)NCC(c1ccccc1)N1CCCCC1. The normalized spacial score (nSPS) is 16.9. The van der Waals surface area contributed by atoms with Gasteiger partial charge in [-0.2, -0.15) is 0 Å². The van der Waals surface area contributed by atoms with Crippen LogP contribution in [0.2, 0.25) is 0 Å². The highest BCUT2D eigenvalue weighted by molar-refractivity contribution is 5.75. The van der Waals surface area contributed by atoms with E-state index in [9.17, 15) is 4.79 Å². The maximum atomic E-state index is 12.2. The molecular formula is C19H25N3O. The average molecular weight is 311 g/mol. The summed E-state index contributed by atoms with van der Waals surface area (Å²) >= 11 is 0. The number of piperidine rings is 1. The number of nitrogens with one attached hydrogen (secondary N) is 1. The fourth-order valence-electron chi connectivity index (χ4n) is 3.27. The van der Waals surface area contributed by atoms with Crippen LogP contribution in [-0.4, -0.2) is 35.0 Å². The maximum absolute atomic E-state index is 12.2. The van der Waals surface area contributed by atoms with Crippen LogP contribution in [-0.2, 0) is 11.3 Å². The number of hydrogen-bond donors (Lipinski definition) is 1. The molecule has 1 unspecified atom stereocenters. The molecule has 4 heteroatoms. The molecule has 1 aromatic carbocycles. The molecular weight excluding hydrogens is 286 g/mol. The summed E-state index contributed by atoms with van der Waals surface area (Å²) in [6, 6.07) is 14.7. The molecule has 1 saturated heterocycles. The summed E-state index contributed by atoms with van der Waals surface area (Å²) in [5.41, 5.74) is 1.29. The van der Waals surface area contributed by atoms with Gasteiger partial charge in [0, 0.05) is 18.9 Å². The van der Waals surface area contributed by atoms with E-state index in [4.69, 9.17) is 0 Å². The minimum atomic E-state index is 0.0686. The summed E-state index contributed by atoms with van der Waals surface area (Å²) in [6.45, 7) is 3.29. The second kappa shape index (κ2) is 7.97.